The molecular formula is C14H15F7O2. The van der Waals surface area contributed by atoms with Crippen molar-refractivity contribution in [2.75, 3.05) is 6.61 Å². The summed E-state index contributed by atoms with van der Waals surface area (Å²) >= 11 is 0. The summed E-state index contributed by atoms with van der Waals surface area (Å²) in [5, 5.41) is 9.64. The van der Waals surface area contributed by atoms with Gasteiger partial charge in [0.25, 0.3) is 0 Å². The lowest BCUT2D eigenvalue weighted by atomic mass is 9.93. The molecule has 0 aliphatic rings. The van der Waals surface area contributed by atoms with Crippen molar-refractivity contribution in [1.29, 1.82) is 0 Å². The lowest BCUT2D eigenvalue weighted by molar-refractivity contribution is -0.347. The monoisotopic (exact) mass is 348 g/mol. The van der Waals surface area contributed by atoms with E-state index < -0.39 is 30.5 Å². The summed E-state index contributed by atoms with van der Waals surface area (Å²) in [6, 6.07) is 4.87. The van der Waals surface area contributed by atoms with Crippen molar-refractivity contribution in [3.05, 3.63) is 29.8 Å². The lowest BCUT2D eigenvalue weighted by Crippen LogP contribution is -2.54. The molecule has 0 saturated heterocycles. The Bertz CT molecular complexity index is 497. The highest BCUT2D eigenvalue weighted by Gasteiger charge is 2.72. The van der Waals surface area contributed by atoms with E-state index in [1.165, 1.54) is 12.1 Å². The zero-order valence-corrected chi connectivity index (χ0v) is 12.0. The minimum Gasteiger partial charge on any atom is -0.494 e. The van der Waals surface area contributed by atoms with Crippen molar-refractivity contribution in [1.82, 2.24) is 0 Å². The number of hydrogen-bond donors (Lipinski definition) is 1. The Balaban J connectivity index is 3.02. The first-order chi connectivity index (χ1) is 10.4. The van der Waals surface area contributed by atoms with Crippen molar-refractivity contribution < 1.29 is 40.6 Å². The first kappa shape index (κ1) is 19.5. The highest BCUT2D eigenvalue weighted by atomic mass is 19.4. The van der Waals surface area contributed by atoms with E-state index in [9.17, 15) is 35.8 Å². The second-order valence-corrected chi connectivity index (χ2v) is 4.94. The van der Waals surface area contributed by atoms with Gasteiger partial charge in [-0.25, -0.2) is 4.39 Å². The third-order valence-electron chi connectivity index (χ3n) is 3.09. The van der Waals surface area contributed by atoms with Gasteiger partial charge in [-0.1, -0.05) is 19.1 Å². The number of alkyl halides is 7. The molecule has 2 nitrogen and oxygen atoms in total. The Morgan fingerprint density at radius 1 is 1.04 bits per heavy atom. The van der Waals surface area contributed by atoms with Gasteiger partial charge in [-0.05, 0) is 24.1 Å². The number of aliphatic hydroxyl groups is 1. The summed E-state index contributed by atoms with van der Waals surface area (Å²) in [7, 11) is 0. The van der Waals surface area contributed by atoms with Crippen molar-refractivity contribution in [2.45, 2.75) is 43.9 Å². The zero-order valence-electron chi connectivity index (χ0n) is 12.0. The van der Waals surface area contributed by atoms with Crippen LogP contribution in [0, 0.1) is 0 Å². The van der Waals surface area contributed by atoms with Crippen LogP contribution in [0.5, 0.6) is 5.75 Å². The maximum Gasteiger partial charge on any atom is 0.431 e. The van der Waals surface area contributed by atoms with Gasteiger partial charge in [0.1, 0.15) is 5.75 Å². The average molecular weight is 348 g/mol. The first-order valence-corrected chi connectivity index (χ1v) is 6.65. The molecule has 1 N–H and O–H groups in total. The van der Waals surface area contributed by atoms with Crippen LogP contribution in [0.2, 0.25) is 0 Å². The SMILES string of the molecule is CCCOc1cccc(C(O)CC(F)(C(F)(F)F)C(F)(F)F)c1. The van der Waals surface area contributed by atoms with Gasteiger partial charge in [0.15, 0.2) is 0 Å². The van der Waals surface area contributed by atoms with Gasteiger partial charge in [0.05, 0.1) is 12.7 Å². The topological polar surface area (TPSA) is 29.5 Å². The molecule has 1 aromatic carbocycles. The van der Waals surface area contributed by atoms with E-state index in [1.54, 1.807) is 6.92 Å². The van der Waals surface area contributed by atoms with Gasteiger partial charge in [-0.3, -0.25) is 0 Å². The maximum absolute atomic E-state index is 13.6. The number of hydrogen-bond acceptors (Lipinski definition) is 2. The fraction of sp³-hybridized carbons (Fsp3) is 0.571. The molecule has 0 fully saturated rings. The Morgan fingerprint density at radius 2 is 1.61 bits per heavy atom. The minimum atomic E-state index is -6.19. The third-order valence-corrected chi connectivity index (χ3v) is 3.09. The summed E-state index contributed by atoms with van der Waals surface area (Å²) in [4.78, 5) is 0. The molecule has 0 radical (unpaired) electrons. The van der Waals surface area contributed by atoms with Crippen LogP contribution in [0.3, 0.4) is 0 Å². The molecule has 0 heterocycles. The minimum absolute atomic E-state index is 0.159. The summed E-state index contributed by atoms with van der Waals surface area (Å²) < 4.78 is 93.7. The summed E-state index contributed by atoms with van der Waals surface area (Å²) in [6.45, 7) is 2.07. The maximum atomic E-state index is 13.6. The van der Waals surface area contributed by atoms with E-state index in [2.05, 4.69) is 0 Å². The van der Waals surface area contributed by atoms with E-state index in [4.69, 9.17) is 4.74 Å². The molecule has 1 aromatic rings. The Labute approximate surface area is 127 Å². The summed E-state index contributed by atoms with van der Waals surface area (Å²) in [5.74, 6) is 0.159. The predicted molar refractivity (Wildman–Crippen MR) is 67.8 cm³/mol. The zero-order chi connectivity index (χ0) is 17.9. The fourth-order valence-electron chi connectivity index (χ4n) is 1.81. The number of benzene rings is 1. The van der Waals surface area contributed by atoms with Crippen molar-refractivity contribution >= 4 is 0 Å². The summed E-state index contributed by atoms with van der Waals surface area (Å²) in [6.07, 6.45) is -16.2. The molecule has 1 atom stereocenters. The molecule has 0 spiro atoms. The van der Waals surface area contributed by atoms with Gasteiger partial charge in [0.2, 0.25) is 0 Å². The van der Waals surface area contributed by atoms with E-state index in [1.807, 2.05) is 0 Å². The van der Waals surface area contributed by atoms with Crippen LogP contribution in [0.4, 0.5) is 30.7 Å². The van der Waals surface area contributed by atoms with E-state index in [0.29, 0.717) is 6.42 Å². The van der Waals surface area contributed by atoms with E-state index in [0.717, 1.165) is 12.1 Å². The first-order valence-electron chi connectivity index (χ1n) is 6.65. The number of aliphatic hydroxyl groups excluding tert-OH is 1. The molecular weight excluding hydrogens is 333 g/mol. The predicted octanol–water partition coefficient (Wildman–Crippen LogP) is 4.73. The quantitative estimate of drug-likeness (QED) is 0.753. The van der Waals surface area contributed by atoms with E-state index >= 15 is 0 Å². The molecule has 9 heteroatoms. The van der Waals surface area contributed by atoms with Crippen LogP contribution < -0.4 is 4.74 Å². The molecule has 1 rings (SSSR count). The van der Waals surface area contributed by atoms with Crippen LogP contribution in [0.1, 0.15) is 31.4 Å². The molecule has 0 aliphatic heterocycles. The average Bonchev–Trinajstić information content (AvgIpc) is 2.42. The van der Waals surface area contributed by atoms with Crippen LogP contribution in [-0.2, 0) is 0 Å². The lowest BCUT2D eigenvalue weighted by Gasteiger charge is -2.31. The number of ether oxygens (including phenoxy) is 1. The molecule has 23 heavy (non-hydrogen) atoms. The fourth-order valence-corrected chi connectivity index (χ4v) is 1.81. The highest BCUT2D eigenvalue weighted by molar-refractivity contribution is 5.30. The standard InChI is InChI=1S/C14H15F7O2/c1-2-6-23-10-5-3-4-9(7-10)11(22)8-12(15,13(16,17)18)14(19,20)21/h3-5,7,11,22H,2,6,8H2,1H3. The molecule has 1 unspecified atom stereocenters. The van der Waals surface area contributed by atoms with Gasteiger partial charge < -0.3 is 9.84 Å². The van der Waals surface area contributed by atoms with E-state index in [-0.39, 0.29) is 17.9 Å². The van der Waals surface area contributed by atoms with Gasteiger partial charge in [-0.15, -0.1) is 0 Å². The van der Waals surface area contributed by atoms with Crippen molar-refractivity contribution in [3.63, 3.8) is 0 Å². The smallest absolute Gasteiger partial charge is 0.431 e. The second kappa shape index (κ2) is 6.94. The number of rotatable bonds is 6. The largest absolute Gasteiger partial charge is 0.494 e. The van der Waals surface area contributed by atoms with Crippen LogP contribution in [-0.4, -0.2) is 29.7 Å². The molecule has 0 aromatic heterocycles. The van der Waals surface area contributed by atoms with Crippen molar-refractivity contribution in [3.8, 4) is 5.75 Å². The number of halogens is 7. The van der Waals surface area contributed by atoms with Gasteiger partial charge in [-0.2, -0.15) is 26.3 Å². The molecule has 0 amide bonds. The Hall–Kier alpha value is -1.51. The molecule has 0 saturated carbocycles. The Kier molecular flexibility index (Phi) is 5.89. The normalized spacial score (nSPS) is 14.7. The van der Waals surface area contributed by atoms with Crippen LogP contribution in [0.15, 0.2) is 24.3 Å². The van der Waals surface area contributed by atoms with Gasteiger partial charge >= 0.3 is 18.0 Å². The van der Waals surface area contributed by atoms with Crippen molar-refractivity contribution in [2.24, 2.45) is 0 Å². The van der Waals surface area contributed by atoms with Crippen LogP contribution >= 0.6 is 0 Å². The summed E-state index contributed by atoms with van der Waals surface area (Å²) in [5.41, 5.74) is -5.80. The van der Waals surface area contributed by atoms with Crippen LogP contribution in [0.25, 0.3) is 0 Å². The molecule has 0 aliphatic carbocycles. The Morgan fingerprint density at radius 3 is 2.09 bits per heavy atom. The molecule has 132 valence electrons. The van der Waals surface area contributed by atoms with Gasteiger partial charge in [0, 0.05) is 6.42 Å². The third kappa shape index (κ3) is 4.49. The second-order valence-electron chi connectivity index (χ2n) is 4.94. The molecule has 0 bridgehead atoms. The highest BCUT2D eigenvalue weighted by Crippen LogP contribution is 2.50.